The summed E-state index contributed by atoms with van der Waals surface area (Å²) >= 11 is 0. The third-order valence-electron chi connectivity index (χ3n) is 4.74. The molecule has 3 heteroatoms. The van der Waals surface area contributed by atoms with Crippen LogP contribution in [0.1, 0.15) is 44.2 Å². The summed E-state index contributed by atoms with van der Waals surface area (Å²) in [4.78, 5) is 0. The van der Waals surface area contributed by atoms with Crippen LogP contribution in [0.5, 0.6) is 0 Å². The third kappa shape index (κ3) is 2.94. The summed E-state index contributed by atoms with van der Waals surface area (Å²) in [5.74, 6) is 2.12. The SMILES string of the molecule is Cn1nccc1CCNC1CCCC(C2CC2)C1. The lowest BCUT2D eigenvalue weighted by Gasteiger charge is -2.30. The van der Waals surface area contributed by atoms with Crippen LogP contribution < -0.4 is 5.32 Å². The van der Waals surface area contributed by atoms with Crippen LogP contribution in [0.4, 0.5) is 0 Å². The molecule has 0 aromatic carbocycles. The zero-order valence-corrected chi connectivity index (χ0v) is 11.4. The Bertz CT molecular complexity index is 381. The minimum absolute atomic E-state index is 0.776. The van der Waals surface area contributed by atoms with E-state index in [4.69, 9.17) is 0 Å². The predicted octanol–water partition coefficient (Wildman–Crippen LogP) is 2.52. The van der Waals surface area contributed by atoms with Gasteiger partial charge in [-0.3, -0.25) is 4.68 Å². The zero-order chi connectivity index (χ0) is 12.4. The van der Waals surface area contributed by atoms with Crippen molar-refractivity contribution >= 4 is 0 Å². The Balaban J connectivity index is 1.41. The van der Waals surface area contributed by atoms with E-state index in [0.717, 1.165) is 30.8 Å². The molecule has 2 saturated carbocycles. The van der Waals surface area contributed by atoms with Gasteiger partial charge in [0.2, 0.25) is 0 Å². The molecule has 2 atom stereocenters. The molecule has 0 amide bonds. The first kappa shape index (κ1) is 12.2. The number of nitrogens with zero attached hydrogens (tertiary/aromatic N) is 2. The maximum absolute atomic E-state index is 4.21. The fourth-order valence-electron chi connectivity index (χ4n) is 3.46. The topological polar surface area (TPSA) is 29.9 Å². The van der Waals surface area contributed by atoms with Gasteiger partial charge in [-0.15, -0.1) is 0 Å². The van der Waals surface area contributed by atoms with E-state index in [0.29, 0.717) is 0 Å². The first-order valence-corrected chi connectivity index (χ1v) is 7.53. The van der Waals surface area contributed by atoms with E-state index in [-0.39, 0.29) is 0 Å². The summed E-state index contributed by atoms with van der Waals surface area (Å²) in [5, 5.41) is 7.97. The van der Waals surface area contributed by atoms with Crippen molar-refractivity contribution < 1.29 is 0 Å². The Morgan fingerprint density at radius 3 is 2.89 bits per heavy atom. The highest BCUT2D eigenvalue weighted by molar-refractivity contribution is 5.00. The van der Waals surface area contributed by atoms with Gasteiger partial charge in [0, 0.05) is 37.9 Å². The van der Waals surface area contributed by atoms with E-state index in [1.165, 1.54) is 44.2 Å². The van der Waals surface area contributed by atoms with Gasteiger partial charge < -0.3 is 5.32 Å². The number of nitrogens with one attached hydrogen (secondary N) is 1. The fraction of sp³-hybridized carbons (Fsp3) is 0.800. The molecule has 2 fully saturated rings. The molecular formula is C15H25N3. The van der Waals surface area contributed by atoms with Crippen molar-refractivity contribution in [2.24, 2.45) is 18.9 Å². The largest absolute Gasteiger partial charge is 0.314 e. The van der Waals surface area contributed by atoms with Gasteiger partial charge in [0.05, 0.1) is 0 Å². The van der Waals surface area contributed by atoms with Crippen LogP contribution in [0, 0.1) is 11.8 Å². The Morgan fingerprint density at radius 1 is 1.28 bits per heavy atom. The van der Waals surface area contributed by atoms with E-state index in [1.807, 2.05) is 17.9 Å². The van der Waals surface area contributed by atoms with Gasteiger partial charge in [-0.25, -0.2) is 0 Å². The summed E-state index contributed by atoms with van der Waals surface area (Å²) in [7, 11) is 2.03. The normalized spacial score (nSPS) is 28.5. The molecule has 0 saturated heterocycles. The Morgan fingerprint density at radius 2 is 2.17 bits per heavy atom. The fourth-order valence-corrected chi connectivity index (χ4v) is 3.46. The van der Waals surface area contributed by atoms with Crippen LogP contribution in [0.3, 0.4) is 0 Å². The first-order valence-electron chi connectivity index (χ1n) is 7.53. The summed E-state index contributed by atoms with van der Waals surface area (Å²) in [6, 6.07) is 2.90. The predicted molar refractivity (Wildman–Crippen MR) is 73.4 cm³/mol. The molecule has 18 heavy (non-hydrogen) atoms. The molecule has 100 valence electrons. The van der Waals surface area contributed by atoms with Gasteiger partial charge in [0.1, 0.15) is 0 Å². The van der Waals surface area contributed by atoms with Crippen molar-refractivity contribution in [1.29, 1.82) is 0 Å². The van der Waals surface area contributed by atoms with Crippen LogP contribution in [0.25, 0.3) is 0 Å². The molecule has 3 rings (SSSR count). The van der Waals surface area contributed by atoms with Gasteiger partial charge >= 0.3 is 0 Å². The van der Waals surface area contributed by atoms with Gasteiger partial charge in [-0.05, 0) is 43.6 Å². The average molecular weight is 247 g/mol. The van der Waals surface area contributed by atoms with E-state index in [9.17, 15) is 0 Å². The maximum Gasteiger partial charge on any atom is 0.0492 e. The molecule has 0 bridgehead atoms. The summed E-state index contributed by atoms with van der Waals surface area (Å²) in [6.07, 6.45) is 11.7. The van der Waals surface area contributed by atoms with Crippen LogP contribution in [-0.2, 0) is 13.5 Å². The second-order valence-corrected chi connectivity index (χ2v) is 6.11. The maximum atomic E-state index is 4.21. The van der Waals surface area contributed by atoms with Crippen LogP contribution in [0.15, 0.2) is 12.3 Å². The van der Waals surface area contributed by atoms with E-state index in [1.54, 1.807) is 0 Å². The van der Waals surface area contributed by atoms with Gasteiger partial charge in [0.25, 0.3) is 0 Å². The summed E-state index contributed by atoms with van der Waals surface area (Å²) < 4.78 is 1.98. The van der Waals surface area contributed by atoms with Gasteiger partial charge in [-0.1, -0.05) is 12.8 Å². The van der Waals surface area contributed by atoms with Crippen molar-refractivity contribution in [1.82, 2.24) is 15.1 Å². The molecule has 2 unspecified atom stereocenters. The molecule has 0 aliphatic heterocycles. The number of hydrogen-bond acceptors (Lipinski definition) is 2. The molecule has 1 heterocycles. The van der Waals surface area contributed by atoms with Crippen molar-refractivity contribution in [2.75, 3.05) is 6.54 Å². The van der Waals surface area contributed by atoms with Crippen LogP contribution in [0.2, 0.25) is 0 Å². The highest BCUT2D eigenvalue weighted by Gasteiger charge is 2.34. The zero-order valence-electron chi connectivity index (χ0n) is 11.4. The van der Waals surface area contributed by atoms with E-state index >= 15 is 0 Å². The van der Waals surface area contributed by atoms with E-state index in [2.05, 4.69) is 16.5 Å². The molecule has 1 N–H and O–H groups in total. The number of aryl methyl sites for hydroxylation is 1. The smallest absolute Gasteiger partial charge is 0.0492 e. The lowest BCUT2D eigenvalue weighted by atomic mass is 9.82. The lowest BCUT2D eigenvalue weighted by Crippen LogP contribution is -2.36. The number of aromatic nitrogens is 2. The number of hydrogen-bond donors (Lipinski definition) is 1. The summed E-state index contributed by atoms with van der Waals surface area (Å²) in [5.41, 5.74) is 1.33. The Hall–Kier alpha value is -0.830. The van der Waals surface area contributed by atoms with E-state index < -0.39 is 0 Å². The van der Waals surface area contributed by atoms with Crippen LogP contribution in [-0.4, -0.2) is 22.4 Å². The molecule has 3 nitrogen and oxygen atoms in total. The van der Waals surface area contributed by atoms with Crippen molar-refractivity contribution in [3.63, 3.8) is 0 Å². The van der Waals surface area contributed by atoms with Crippen molar-refractivity contribution in [3.8, 4) is 0 Å². The molecule has 2 aliphatic carbocycles. The lowest BCUT2D eigenvalue weighted by molar-refractivity contribution is 0.262. The quantitative estimate of drug-likeness (QED) is 0.866. The molecule has 0 spiro atoms. The summed E-state index contributed by atoms with van der Waals surface area (Å²) in [6.45, 7) is 1.10. The molecule has 1 aromatic heterocycles. The molecule has 2 aliphatic rings. The first-order chi connectivity index (χ1) is 8.83. The molecular weight excluding hydrogens is 222 g/mol. The molecule has 1 aromatic rings. The second-order valence-electron chi connectivity index (χ2n) is 6.11. The van der Waals surface area contributed by atoms with Crippen molar-refractivity contribution in [2.45, 2.75) is 51.0 Å². The highest BCUT2D eigenvalue weighted by atomic mass is 15.3. The Labute approximate surface area is 110 Å². The standard InChI is InChI=1S/C15H25N3/c1-18-15(8-10-17-18)7-9-16-14-4-2-3-13(11-14)12-5-6-12/h8,10,12-14,16H,2-7,9,11H2,1H3. The minimum atomic E-state index is 0.776. The van der Waals surface area contributed by atoms with Crippen LogP contribution >= 0.6 is 0 Å². The molecule has 0 radical (unpaired) electrons. The minimum Gasteiger partial charge on any atom is -0.314 e. The highest BCUT2D eigenvalue weighted by Crippen LogP contribution is 2.43. The number of rotatable bonds is 5. The third-order valence-corrected chi connectivity index (χ3v) is 4.74. The Kier molecular flexibility index (Phi) is 3.69. The van der Waals surface area contributed by atoms with Gasteiger partial charge in [-0.2, -0.15) is 5.10 Å². The van der Waals surface area contributed by atoms with Gasteiger partial charge in [0.15, 0.2) is 0 Å². The average Bonchev–Trinajstić information content (AvgIpc) is 3.15. The monoisotopic (exact) mass is 247 g/mol. The van der Waals surface area contributed by atoms with Crippen molar-refractivity contribution in [3.05, 3.63) is 18.0 Å². The second kappa shape index (κ2) is 5.43.